The summed E-state index contributed by atoms with van der Waals surface area (Å²) in [7, 11) is 0. The summed E-state index contributed by atoms with van der Waals surface area (Å²) in [6, 6.07) is 0. The topological polar surface area (TPSA) is 69.9 Å². The first-order valence-corrected chi connectivity index (χ1v) is 10.9. The standard InChI is InChI=1S/C18H36O.C4H10O3/c1-2-3-4-5-6-7-8-9-10-11-12-13-14-15-16-17-18-19;5-1-3-7-4-2-6/h9-10,19H,2-8,11-18H2,1H3;5-6H,1-4H2. The maximum Gasteiger partial charge on any atom is 0.0698 e. The number of hydrogen-bond donors (Lipinski definition) is 3. The lowest BCUT2D eigenvalue weighted by Crippen LogP contribution is -2.03. The Morgan fingerprint density at radius 2 is 0.962 bits per heavy atom. The lowest BCUT2D eigenvalue weighted by molar-refractivity contribution is 0.0650. The lowest BCUT2D eigenvalue weighted by Gasteiger charge is -1.99. The van der Waals surface area contributed by atoms with E-state index in [1.54, 1.807) is 0 Å². The average molecular weight is 375 g/mol. The molecule has 0 aromatic heterocycles. The summed E-state index contributed by atoms with van der Waals surface area (Å²) in [6.45, 7) is 3.33. The van der Waals surface area contributed by atoms with Crippen LogP contribution in [0.4, 0.5) is 0 Å². The Hall–Kier alpha value is -0.420. The minimum absolute atomic E-state index is 0.0278. The molecule has 158 valence electrons. The number of rotatable bonds is 19. The SMILES string of the molecule is CCCCCCCCC=CCCCCCCCCO.OCCOCCO. The van der Waals surface area contributed by atoms with Gasteiger partial charge in [-0.25, -0.2) is 0 Å². The molecule has 0 spiro atoms. The van der Waals surface area contributed by atoms with Crippen molar-refractivity contribution in [3.05, 3.63) is 12.2 Å². The first kappa shape index (κ1) is 27.8. The number of hydrogen-bond acceptors (Lipinski definition) is 4. The first-order valence-electron chi connectivity index (χ1n) is 10.9. The van der Waals surface area contributed by atoms with Crippen LogP contribution in [-0.4, -0.2) is 48.4 Å². The van der Waals surface area contributed by atoms with E-state index in [-0.39, 0.29) is 13.2 Å². The minimum atomic E-state index is 0.0278. The monoisotopic (exact) mass is 374 g/mol. The molecule has 0 aliphatic heterocycles. The van der Waals surface area contributed by atoms with E-state index in [9.17, 15) is 0 Å². The predicted octanol–water partition coefficient (Wildman–Crippen LogP) is 5.00. The second-order valence-corrected chi connectivity index (χ2v) is 6.72. The molecule has 0 aliphatic rings. The van der Waals surface area contributed by atoms with Crippen molar-refractivity contribution < 1.29 is 20.1 Å². The molecule has 0 unspecified atom stereocenters. The van der Waals surface area contributed by atoms with Crippen molar-refractivity contribution in [2.24, 2.45) is 0 Å². The maximum atomic E-state index is 8.66. The van der Waals surface area contributed by atoms with E-state index in [0.717, 1.165) is 6.42 Å². The molecule has 0 bridgehead atoms. The molecule has 0 saturated carbocycles. The van der Waals surface area contributed by atoms with Crippen LogP contribution in [0.15, 0.2) is 12.2 Å². The van der Waals surface area contributed by atoms with E-state index in [0.29, 0.717) is 19.8 Å². The fourth-order valence-electron chi connectivity index (χ4n) is 2.59. The molecule has 0 rings (SSSR count). The van der Waals surface area contributed by atoms with Gasteiger partial charge in [-0.2, -0.15) is 0 Å². The fraction of sp³-hybridized carbons (Fsp3) is 0.909. The molecule has 0 aromatic carbocycles. The highest BCUT2D eigenvalue weighted by atomic mass is 16.5. The van der Waals surface area contributed by atoms with E-state index in [2.05, 4.69) is 23.8 Å². The lowest BCUT2D eigenvalue weighted by atomic mass is 10.1. The van der Waals surface area contributed by atoms with Crippen molar-refractivity contribution in [1.29, 1.82) is 0 Å². The van der Waals surface area contributed by atoms with Crippen molar-refractivity contribution in [2.75, 3.05) is 33.0 Å². The summed E-state index contributed by atoms with van der Waals surface area (Å²) in [4.78, 5) is 0. The molecule has 0 aromatic rings. The normalized spacial score (nSPS) is 10.9. The Balaban J connectivity index is 0. The van der Waals surface area contributed by atoms with Crippen molar-refractivity contribution in [1.82, 2.24) is 0 Å². The molecule has 4 heteroatoms. The third-order valence-electron chi connectivity index (χ3n) is 4.14. The van der Waals surface area contributed by atoms with E-state index in [4.69, 9.17) is 15.3 Å². The van der Waals surface area contributed by atoms with Crippen LogP contribution < -0.4 is 0 Å². The van der Waals surface area contributed by atoms with Crippen LogP contribution in [0.2, 0.25) is 0 Å². The second kappa shape index (κ2) is 29.3. The van der Waals surface area contributed by atoms with Gasteiger partial charge in [0.1, 0.15) is 0 Å². The zero-order valence-electron chi connectivity index (χ0n) is 17.3. The van der Waals surface area contributed by atoms with Crippen LogP contribution in [0.1, 0.15) is 96.8 Å². The smallest absolute Gasteiger partial charge is 0.0698 e. The van der Waals surface area contributed by atoms with Crippen LogP contribution in [0, 0.1) is 0 Å². The van der Waals surface area contributed by atoms with Crippen molar-refractivity contribution in [2.45, 2.75) is 96.8 Å². The van der Waals surface area contributed by atoms with Crippen molar-refractivity contribution >= 4 is 0 Å². The first-order chi connectivity index (χ1) is 12.8. The van der Waals surface area contributed by atoms with Crippen LogP contribution in [0.25, 0.3) is 0 Å². The molecule has 3 N–H and O–H groups in total. The zero-order chi connectivity index (χ0) is 19.6. The Bertz CT molecular complexity index is 240. The van der Waals surface area contributed by atoms with E-state index >= 15 is 0 Å². The van der Waals surface area contributed by atoms with Gasteiger partial charge in [-0.3, -0.25) is 0 Å². The summed E-state index contributed by atoms with van der Waals surface area (Å²) in [5.41, 5.74) is 0. The fourth-order valence-corrected chi connectivity index (χ4v) is 2.59. The Morgan fingerprint density at radius 3 is 1.38 bits per heavy atom. The minimum Gasteiger partial charge on any atom is -0.396 e. The molecule has 0 aliphatic carbocycles. The van der Waals surface area contributed by atoms with E-state index in [1.807, 2.05) is 0 Å². The molecule has 4 nitrogen and oxygen atoms in total. The van der Waals surface area contributed by atoms with Crippen LogP contribution in [0.5, 0.6) is 0 Å². The summed E-state index contributed by atoms with van der Waals surface area (Å²) >= 11 is 0. The molecule has 0 heterocycles. The molecule has 0 atom stereocenters. The van der Waals surface area contributed by atoms with Crippen LogP contribution >= 0.6 is 0 Å². The third kappa shape index (κ3) is 31.4. The van der Waals surface area contributed by atoms with E-state index < -0.39 is 0 Å². The molecule has 26 heavy (non-hydrogen) atoms. The van der Waals surface area contributed by atoms with Gasteiger partial charge in [-0.05, 0) is 32.1 Å². The van der Waals surface area contributed by atoms with E-state index in [1.165, 1.54) is 83.5 Å². The quantitative estimate of drug-likeness (QED) is 0.220. The number of aliphatic hydroxyl groups is 3. The van der Waals surface area contributed by atoms with Gasteiger partial charge in [-0.15, -0.1) is 0 Å². The summed E-state index contributed by atoms with van der Waals surface area (Å²) in [6.07, 6.45) is 23.2. The highest BCUT2D eigenvalue weighted by Gasteiger charge is 1.90. The van der Waals surface area contributed by atoms with Crippen molar-refractivity contribution in [3.8, 4) is 0 Å². The Kier molecular flexibility index (Phi) is 31.4. The summed E-state index contributed by atoms with van der Waals surface area (Å²) in [5.74, 6) is 0. The van der Waals surface area contributed by atoms with Crippen LogP contribution in [-0.2, 0) is 4.74 Å². The molecule has 0 radical (unpaired) electrons. The number of allylic oxidation sites excluding steroid dienone is 2. The van der Waals surface area contributed by atoms with Gasteiger partial charge >= 0.3 is 0 Å². The average Bonchev–Trinajstić information content (AvgIpc) is 2.66. The second-order valence-electron chi connectivity index (χ2n) is 6.72. The van der Waals surface area contributed by atoms with Gasteiger partial charge < -0.3 is 20.1 Å². The van der Waals surface area contributed by atoms with Gasteiger partial charge in [0.2, 0.25) is 0 Å². The molecule has 0 fully saturated rings. The van der Waals surface area contributed by atoms with Gasteiger partial charge in [-0.1, -0.05) is 76.9 Å². The number of unbranched alkanes of at least 4 members (excludes halogenated alkanes) is 12. The molecular weight excluding hydrogens is 328 g/mol. The third-order valence-corrected chi connectivity index (χ3v) is 4.14. The molecule has 0 saturated heterocycles. The predicted molar refractivity (Wildman–Crippen MR) is 112 cm³/mol. The highest BCUT2D eigenvalue weighted by molar-refractivity contribution is 4.81. The zero-order valence-corrected chi connectivity index (χ0v) is 17.3. The molecular formula is C22H46O4. The number of ether oxygens (including phenoxy) is 1. The van der Waals surface area contributed by atoms with Crippen molar-refractivity contribution in [3.63, 3.8) is 0 Å². The highest BCUT2D eigenvalue weighted by Crippen LogP contribution is 2.09. The van der Waals surface area contributed by atoms with Crippen LogP contribution in [0.3, 0.4) is 0 Å². The van der Waals surface area contributed by atoms with Gasteiger partial charge in [0.05, 0.1) is 26.4 Å². The van der Waals surface area contributed by atoms with Gasteiger partial charge in [0.15, 0.2) is 0 Å². The summed E-state index contributed by atoms with van der Waals surface area (Å²) < 4.78 is 4.63. The van der Waals surface area contributed by atoms with Gasteiger partial charge in [0, 0.05) is 6.61 Å². The van der Waals surface area contributed by atoms with Gasteiger partial charge in [0.25, 0.3) is 0 Å². The number of aliphatic hydroxyl groups excluding tert-OH is 3. The maximum absolute atomic E-state index is 8.66. The Morgan fingerprint density at radius 1 is 0.538 bits per heavy atom. The Labute approximate surface area is 162 Å². The summed E-state index contributed by atoms with van der Waals surface area (Å²) in [5, 5.41) is 24.8. The largest absolute Gasteiger partial charge is 0.396 e. The molecule has 0 amide bonds.